The zero-order chi connectivity index (χ0) is 25.4. The number of aromatic nitrogens is 1. The smallest absolute Gasteiger partial charge is 0.303 e. The highest BCUT2D eigenvalue weighted by Crippen LogP contribution is 2.32. The SMILES string of the molecule is Cc1ccccc1C(C/C(=N\O)c1ccc(=O)n(C)c1)c1ccc(C(=O)CCCCC(=O)O)cc1. The second-order valence-electron chi connectivity index (χ2n) is 8.67. The molecule has 7 heteroatoms. The molecule has 1 aromatic heterocycles. The van der Waals surface area contributed by atoms with Gasteiger partial charge in [-0.3, -0.25) is 14.4 Å². The van der Waals surface area contributed by atoms with Crippen molar-refractivity contribution in [2.24, 2.45) is 12.2 Å². The molecule has 35 heavy (non-hydrogen) atoms. The molecule has 0 fully saturated rings. The maximum atomic E-state index is 12.5. The summed E-state index contributed by atoms with van der Waals surface area (Å²) < 4.78 is 1.44. The van der Waals surface area contributed by atoms with Crippen LogP contribution in [0.5, 0.6) is 0 Å². The first-order valence-electron chi connectivity index (χ1n) is 11.6. The number of hydrogen-bond donors (Lipinski definition) is 2. The molecule has 0 aliphatic rings. The van der Waals surface area contributed by atoms with Crippen LogP contribution in [0.25, 0.3) is 0 Å². The summed E-state index contributed by atoms with van der Waals surface area (Å²) in [5.41, 5.74) is 4.67. The molecular formula is C28H30N2O5. The number of aryl methyl sites for hydroxylation is 2. The lowest BCUT2D eigenvalue weighted by atomic mass is 9.83. The zero-order valence-corrected chi connectivity index (χ0v) is 20.0. The summed E-state index contributed by atoms with van der Waals surface area (Å²) in [5, 5.41) is 22.1. The molecule has 3 aromatic rings. The van der Waals surface area contributed by atoms with Crippen LogP contribution < -0.4 is 5.56 Å². The number of rotatable bonds is 11. The van der Waals surface area contributed by atoms with Gasteiger partial charge in [0.1, 0.15) is 0 Å². The Bertz CT molecular complexity index is 1280. The Kier molecular flexibility index (Phi) is 8.73. The normalized spacial score (nSPS) is 12.3. The average molecular weight is 475 g/mol. The van der Waals surface area contributed by atoms with Crippen LogP contribution in [0.1, 0.15) is 70.6 Å². The molecule has 182 valence electrons. The van der Waals surface area contributed by atoms with E-state index in [1.54, 1.807) is 31.4 Å². The van der Waals surface area contributed by atoms with Gasteiger partial charge in [0.15, 0.2) is 5.78 Å². The molecule has 3 rings (SSSR count). The number of benzene rings is 2. The Morgan fingerprint density at radius 1 is 0.943 bits per heavy atom. The quantitative estimate of drug-likeness (QED) is 0.135. The van der Waals surface area contributed by atoms with Crippen molar-refractivity contribution < 1.29 is 19.9 Å². The summed E-state index contributed by atoms with van der Waals surface area (Å²) in [7, 11) is 1.65. The van der Waals surface area contributed by atoms with Crippen LogP contribution >= 0.6 is 0 Å². The number of Topliss-reactive ketones (excluding diaryl/α,β-unsaturated/α-hetero) is 1. The molecule has 0 amide bonds. The molecule has 0 saturated carbocycles. The van der Waals surface area contributed by atoms with E-state index in [1.165, 1.54) is 10.6 Å². The van der Waals surface area contributed by atoms with E-state index >= 15 is 0 Å². The van der Waals surface area contributed by atoms with Crippen LogP contribution in [0.2, 0.25) is 0 Å². The van der Waals surface area contributed by atoms with Gasteiger partial charge in [0, 0.05) is 55.6 Å². The van der Waals surface area contributed by atoms with Crippen LogP contribution in [-0.2, 0) is 11.8 Å². The van der Waals surface area contributed by atoms with E-state index in [0.29, 0.717) is 42.5 Å². The number of carbonyl (C=O) groups is 2. The van der Waals surface area contributed by atoms with Crippen LogP contribution in [-0.4, -0.2) is 32.3 Å². The number of oxime groups is 1. The third kappa shape index (κ3) is 6.76. The lowest BCUT2D eigenvalue weighted by Crippen LogP contribution is -2.18. The van der Waals surface area contributed by atoms with Crippen LogP contribution in [0.4, 0.5) is 0 Å². The highest BCUT2D eigenvalue weighted by Gasteiger charge is 2.21. The summed E-state index contributed by atoms with van der Waals surface area (Å²) in [6.07, 6.45) is 3.43. The van der Waals surface area contributed by atoms with E-state index < -0.39 is 5.97 Å². The Morgan fingerprint density at radius 3 is 2.23 bits per heavy atom. The minimum Gasteiger partial charge on any atom is -0.481 e. The molecule has 7 nitrogen and oxygen atoms in total. The van der Waals surface area contributed by atoms with Crippen molar-refractivity contribution >= 4 is 17.5 Å². The number of aliphatic carboxylic acids is 1. The number of hydrogen-bond acceptors (Lipinski definition) is 5. The van der Waals surface area contributed by atoms with Gasteiger partial charge in [-0.1, -0.05) is 53.7 Å². The lowest BCUT2D eigenvalue weighted by Gasteiger charge is -2.21. The van der Waals surface area contributed by atoms with Crippen molar-refractivity contribution in [3.63, 3.8) is 0 Å². The van der Waals surface area contributed by atoms with Crippen molar-refractivity contribution in [3.8, 4) is 0 Å². The molecule has 0 saturated heterocycles. The number of pyridine rings is 1. The number of unbranched alkanes of at least 4 members (excludes halogenated alkanes) is 1. The molecule has 1 heterocycles. The molecule has 0 aliphatic carbocycles. The van der Waals surface area contributed by atoms with Crippen molar-refractivity contribution in [2.75, 3.05) is 0 Å². The van der Waals surface area contributed by atoms with Gasteiger partial charge in [-0.15, -0.1) is 0 Å². The fourth-order valence-corrected chi connectivity index (χ4v) is 4.17. The predicted molar refractivity (Wildman–Crippen MR) is 135 cm³/mol. The second kappa shape index (κ2) is 11.9. The summed E-state index contributed by atoms with van der Waals surface area (Å²) >= 11 is 0. The van der Waals surface area contributed by atoms with Crippen molar-refractivity contribution in [3.05, 3.63) is 105 Å². The molecule has 2 aromatic carbocycles. The van der Waals surface area contributed by atoms with Gasteiger partial charge in [-0.2, -0.15) is 0 Å². The van der Waals surface area contributed by atoms with E-state index in [0.717, 1.165) is 16.7 Å². The first-order chi connectivity index (χ1) is 16.8. The predicted octanol–water partition coefficient (Wildman–Crippen LogP) is 4.92. The average Bonchev–Trinajstić information content (AvgIpc) is 2.85. The highest BCUT2D eigenvalue weighted by atomic mass is 16.4. The van der Waals surface area contributed by atoms with Gasteiger partial charge in [0.25, 0.3) is 0 Å². The number of carboxylic acid groups (broad SMARTS) is 1. The standard InChI is InChI=1S/C28H30N2O5/c1-19-7-3-4-8-23(19)24(17-25(29-35)22-15-16-27(32)30(2)18-22)20-11-13-21(14-12-20)26(31)9-5-6-10-28(33)34/h3-4,7-8,11-16,18,24,35H,5-6,9-10,17H2,1-2H3,(H,33,34)/b29-25+. The van der Waals surface area contributed by atoms with Gasteiger partial charge in [0.05, 0.1) is 5.71 Å². The molecule has 0 bridgehead atoms. The fourth-order valence-electron chi connectivity index (χ4n) is 4.17. The Balaban J connectivity index is 1.87. The maximum Gasteiger partial charge on any atom is 0.303 e. The molecule has 0 aliphatic heterocycles. The second-order valence-corrected chi connectivity index (χ2v) is 8.67. The first-order valence-corrected chi connectivity index (χ1v) is 11.6. The van der Waals surface area contributed by atoms with Gasteiger partial charge >= 0.3 is 5.97 Å². The largest absolute Gasteiger partial charge is 0.481 e. The number of carboxylic acids is 1. The molecule has 1 atom stereocenters. The number of nitrogens with zero attached hydrogens (tertiary/aromatic N) is 2. The Morgan fingerprint density at radius 2 is 1.60 bits per heavy atom. The fraction of sp³-hybridized carbons (Fsp3) is 0.286. The van der Waals surface area contributed by atoms with Gasteiger partial charge in [-0.25, -0.2) is 0 Å². The molecule has 0 spiro atoms. The zero-order valence-electron chi connectivity index (χ0n) is 20.0. The van der Waals surface area contributed by atoms with Crippen LogP contribution in [0.3, 0.4) is 0 Å². The molecule has 2 N–H and O–H groups in total. The topological polar surface area (TPSA) is 109 Å². The van der Waals surface area contributed by atoms with E-state index in [9.17, 15) is 19.6 Å². The number of carbonyl (C=O) groups excluding carboxylic acids is 1. The highest BCUT2D eigenvalue weighted by molar-refractivity contribution is 6.00. The van der Waals surface area contributed by atoms with Gasteiger partial charge < -0.3 is 14.9 Å². The monoisotopic (exact) mass is 474 g/mol. The van der Waals surface area contributed by atoms with Crippen LogP contribution in [0.15, 0.2) is 76.8 Å². The van der Waals surface area contributed by atoms with Crippen molar-refractivity contribution in [1.29, 1.82) is 0 Å². The maximum absolute atomic E-state index is 12.5. The number of ketones is 1. The van der Waals surface area contributed by atoms with Crippen LogP contribution in [0, 0.1) is 6.92 Å². The van der Waals surface area contributed by atoms with E-state index in [-0.39, 0.29) is 23.7 Å². The third-order valence-corrected chi connectivity index (χ3v) is 6.18. The summed E-state index contributed by atoms with van der Waals surface area (Å²) in [5.74, 6) is -1.01. The first kappa shape index (κ1) is 25.6. The van der Waals surface area contributed by atoms with Crippen molar-refractivity contribution in [1.82, 2.24) is 4.57 Å². The molecule has 0 radical (unpaired) electrons. The molecular weight excluding hydrogens is 444 g/mol. The lowest BCUT2D eigenvalue weighted by molar-refractivity contribution is -0.137. The molecule has 1 unspecified atom stereocenters. The van der Waals surface area contributed by atoms with Gasteiger partial charge in [-0.05, 0) is 42.5 Å². The van der Waals surface area contributed by atoms with Crippen molar-refractivity contribution in [2.45, 2.75) is 44.9 Å². The minimum atomic E-state index is -0.854. The summed E-state index contributed by atoms with van der Waals surface area (Å²) in [4.78, 5) is 35.0. The Hall–Kier alpha value is -4.00. The van der Waals surface area contributed by atoms with E-state index in [2.05, 4.69) is 5.16 Å². The summed E-state index contributed by atoms with van der Waals surface area (Å²) in [6, 6.07) is 18.5. The third-order valence-electron chi connectivity index (χ3n) is 6.18. The summed E-state index contributed by atoms with van der Waals surface area (Å²) in [6.45, 7) is 2.03. The van der Waals surface area contributed by atoms with E-state index in [4.69, 9.17) is 5.11 Å². The Labute approximate surface area is 204 Å². The van der Waals surface area contributed by atoms with E-state index in [1.807, 2.05) is 43.3 Å². The van der Waals surface area contributed by atoms with Gasteiger partial charge in [0.2, 0.25) is 5.56 Å². The minimum absolute atomic E-state index is 0.0165.